The van der Waals surface area contributed by atoms with Crippen molar-refractivity contribution >= 4 is 0 Å². The van der Waals surface area contributed by atoms with Crippen LogP contribution in [0.4, 0.5) is 0 Å². The molecule has 2 heteroatoms. The number of rotatable bonds is 6. The van der Waals surface area contributed by atoms with E-state index in [4.69, 9.17) is 4.74 Å². The fraction of sp³-hybridized carbons (Fsp3) is 1.00. The molecule has 0 aromatic rings. The molecule has 0 aromatic carbocycles. The van der Waals surface area contributed by atoms with Gasteiger partial charge in [0.05, 0.1) is 6.10 Å². The van der Waals surface area contributed by atoms with Crippen molar-refractivity contribution in [3.05, 3.63) is 0 Å². The predicted molar refractivity (Wildman–Crippen MR) is 78.9 cm³/mol. The minimum absolute atomic E-state index is 0.202. The van der Waals surface area contributed by atoms with Gasteiger partial charge in [0.2, 0.25) is 0 Å². The maximum atomic E-state index is 5.85. The molecule has 1 aliphatic heterocycles. The van der Waals surface area contributed by atoms with Crippen molar-refractivity contribution in [3.63, 3.8) is 0 Å². The fourth-order valence-electron chi connectivity index (χ4n) is 2.77. The Hall–Kier alpha value is -0.0800. The van der Waals surface area contributed by atoms with Crippen LogP contribution >= 0.6 is 0 Å². The summed E-state index contributed by atoms with van der Waals surface area (Å²) in [6, 6.07) is 0. The third kappa shape index (κ3) is 4.89. The first-order chi connectivity index (χ1) is 8.25. The van der Waals surface area contributed by atoms with Crippen LogP contribution in [-0.4, -0.2) is 24.8 Å². The van der Waals surface area contributed by atoms with Crippen LogP contribution in [0, 0.1) is 11.3 Å². The average Bonchev–Trinajstić information content (AvgIpc) is 2.57. The summed E-state index contributed by atoms with van der Waals surface area (Å²) >= 11 is 0. The van der Waals surface area contributed by atoms with Crippen molar-refractivity contribution < 1.29 is 4.74 Å². The quantitative estimate of drug-likeness (QED) is 0.774. The minimum atomic E-state index is 0.202. The van der Waals surface area contributed by atoms with E-state index in [9.17, 15) is 0 Å². The zero-order chi connectivity index (χ0) is 13.8. The third-order valence-electron chi connectivity index (χ3n) is 4.26. The van der Waals surface area contributed by atoms with Gasteiger partial charge in [-0.3, -0.25) is 0 Å². The van der Waals surface area contributed by atoms with E-state index in [1.54, 1.807) is 0 Å². The monoisotopic (exact) mass is 255 g/mol. The van der Waals surface area contributed by atoms with Crippen LogP contribution in [0.1, 0.15) is 67.2 Å². The van der Waals surface area contributed by atoms with Gasteiger partial charge in [0.1, 0.15) is 0 Å². The van der Waals surface area contributed by atoms with E-state index in [0.29, 0.717) is 11.5 Å². The molecule has 0 amide bonds. The summed E-state index contributed by atoms with van der Waals surface area (Å²) in [7, 11) is 0. The topological polar surface area (TPSA) is 21.3 Å². The first-order valence-corrected chi connectivity index (χ1v) is 7.62. The van der Waals surface area contributed by atoms with Gasteiger partial charge >= 0.3 is 0 Å². The lowest BCUT2D eigenvalue weighted by Gasteiger charge is -2.36. The van der Waals surface area contributed by atoms with Gasteiger partial charge in [0, 0.05) is 24.1 Å². The van der Waals surface area contributed by atoms with Gasteiger partial charge in [-0.25, -0.2) is 0 Å². The molecule has 1 heterocycles. The average molecular weight is 255 g/mol. The lowest BCUT2D eigenvalue weighted by molar-refractivity contribution is 0.0532. The van der Waals surface area contributed by atoms with Gasteiger partial charge in [-0.1, -0.05) is 26.7 Å². The molecule has 0 aromatic heterocycles. The van der Waals surface area contributed by atoms with E-state index in [1.165, 1.54) is 25.7 Å². The maximum absolute atomic E-state index is 5.85. The highest BCUT2D eigenvalue weighted by Gasteiger charge is 2.41. The van der Waals surface area contributed by atoms with Crippen LogP contribution in [0.5, 0.6) is 0 Å². The first kappa shape index (κ1) is 16.0. The molecule has 18 heavy (non-hydrogen) atoms. The number of ether oxygens (including phenoxy) is 1. The molecule has 1 saturated heterocycles. The molecule has 1 N–H and O–H groups in total. The lowest BCUT2D eigenvalue weighted by Crippen LogP contribution is -2.46. The molecule has 0 bridgehead atoms. The molecular weight excluding hydrogens is 222 g/mol. The number of hydrogen-bond donors (Lipinski definition) is 1. The summed E-state index contributed by atoms with van der Waals surface area (Å²) < 4.78 is 5.85. The van der Waals surface area contributed by atoms with E-state index in [2.05, 4.69) is 46.9 Å². The third-order valence-corrected chi connectivity index (χ3v) is 4.26. The smallest absolute Gasteiger partial charge is 0.0616 e. The molecule has 0 saturated carbocycles. The molecule has 1 rings (SSSR count). The second-order valence-corrected chi connectivity index (χ2v) is 7.52. The van der Waals surface area contributed by atoms with Crippen LogP contribution in [-0.2, 0) is 4.74 Å². The Morgan fingerprint density at radius 1 is 1.33 bits per heavy atom. The second kappa shape index (κ2) is 6.38. The second-order valence-electron chi connectivity index (χ2n) is 7.52. The van der Waals surface area contributed by atoms with Crippen molar-refractivity contribution in [1.29, 1.82) is 0 Å². The van der Waals surface area contributed by atoms with Gasteiger partial charge in [0.25, 0.3) is 0 Å². The molecule has 0 radical (unpaired) electrons. The van der Waals surface area contributed by atoms with E-state index < -0.39 is 0 Å². The largest absolute Gasteiger partial charge is 0.378 e. The Bertz CT molecular complexity index is 244. The van der Waals surface area contributed by atoms with Crippen LogP contribution in [0.25, 0.3) is 0 Å². The van der Waals surface area contributed by atoms with Crippen LogP contribution in [0.3, 0.4) is 0 Å². The molecule has 2 atom stereocenters. The van der Waals surface area contributed by atoms with E-state index in [1.807, 2.05) is 0 Å². The normalized spacial score (nSPS) is 29.2. The highest BCUT2D eigenvalue weighted by Crippen LogP contribution is 2.39. The summed E-state index contributed by atoms with van der Waals surface area (Å²) in [5, 5.41) is 3.69. The van der Waals surface area contributed by atoms with Gasteiger partial charge in [0.15, 0.2) is 0 Å². The first-order valence-electron chi connectivity index (χ1n) is 7.62. The molecule has 2 nitrogen and oxygen atoms in total. The summed E-state index contributed by atoms with van der Waals surface area (Å²) in [5.41, 5.74) is 0.565. The van der Waals surface area contributed by atoms with Gasteiger partial charge in [-0.05, 0) is 46.5 Å². The Kier molecular flexibility index (Phi) is 5.67. The molecule has 0 aliphatic carbocycles. The fourth-order valence-corrected chi connectivity index (χ4v) is 2.77. The number of nitrogens with one attached hydrogen (secondary N) is 1. The zero-order valence-corrected chi connectivity index (χ0v) is 13.3. The predicted octanol–water partition coefficient (Wildman–Crippen LogP) is 4.00. The van der Waals surface area contributed by atoms with Crippen molar-refractivity contribution in [1.82, 2.24) is 5.32 Å². The Balaban J connectivity index is 2.53. The van der Waals surface area contributed by atoms with Gasteiger partial charge < -0.3 is 10.1 Å². The molecule has 2 unspecified atom stereocenters. The molecule has 1 fully saturated rings. The van der Waals surface area contributed by atoms with Crippen molar-refractivity contribution in [3.8, 4) is 0 Å². The van der Waals surface area contributed by atoms with Gasteiger partial charge in [-0.15, -0.1) is 0 Å². The van der Waals surface area contributed by atoms with Crippen molar-refractivity contribution in [2.24, 2.45) is 11.3 Å². The summed E-state index contributed by atoms with van der Waals surface area (Å²) in [5.74, 6) is 0.815. The lowest BCUT2D eigenvalue weighted by atomic mass is 9.76. The van der Waals surface area contributed by atoms with Gasteiger partial charge in [-0.2, -0.15) is 0 Å². The summed E-state index contributed by atoms with van der Waals surface area (Å²) in [4.78, 5) is 0. The maximum Gasteiger partial charge on any atom is 0.0616 e. The molecular formula is C16H33NO. The summed E-state index contributed by atoms with van der Waals surface area (Å²) in [6.45, 7) is 15.7. The highest BCUT2D eigenvalue weighted by molar-refractivity contribution is 4.93. The van der Waals surface area contributed by atoms with Crippen molar-refractivity contribution in [2.45, 2.75) is 78.9 Å². The molecule has 108 valence electrons. The van der Waals surface area contributed by atoms with Crippen LogP contribution in [0.2, 0.25) is 0 Å². The van der Waals surface area contributed by atoms with E-state index >= 15 is 0 Å². The van der Waals surface area contributed by atoms with Crippen LogP contribution in [0.15, 0.2) is 0 Å². The van der Waals surface area contributed by atoms with Crippen LogP contribution < -0.4 is 5.32 Å². The SMILES string of the molecule is CC(C)CCCC1(CNC(C)(C)C)CCOC1C. The van der Waals surface area contributed by atoms with E-state index in [0.717, 1.165) is 19.1 Å². The Morgan fingerprint density at radius 2 is 2.00 bits per heavy atom. The number of hydrogen-bond acceptors (Lipinski definition) is 2. The zero-order valence-electron chi connectivity index (χ0n) is 13.3. The highest BCUT2D eigenvalue weighted by atomic mass is 16.5. The van der Waals surface area contributed by atoms with E-state index in [-0.39, 0.29) is 5.54 Å². The molecule has 0 spiro atoms. The Morgan fingerprint density at radius 3 is 2.44 bits per heavy atom. The summed E-state index contributed by atoms with van der Waals surface area (Å²) in [6.07, 6.45) is 5.59. The van der Waals surface area contributed by atoms with Crippen molar-refractivity contribution in [2.75, 3.05) is 13.2 Å². The Labute approximate surface area is 114 Å². The molecule has 1 aliphatic rings. The minimum Gasteiger partial charge on any atom is -0.378 e. The standard InChI is InChI=1S/C16H33NO/c1-13(2)8-7-9-16(10-11-18-14(16)3)12-17-15(4,5)6/h13-14,17H,7-12H2,1-6H3.